The Balaban J connectivity index is 1.74. The average Bonchev–Trinajstić information content (AvgIpc) is 3.43. The molecule has 0 bridgehead atoms. The number of halogens is 1. The summed E-state index contributed by atoms with van der Waals surface area (Å²) in [6.45, 7) is 10.3. The third kappa shape index (κ3) is 6.89. The number of nitrogens with zero attached hydrogens (tertiary/aromatic N) is 1. The van der Waals surface area contributed by atoms with Crippen molar-refractivity contribution in [3.8, 4) is 0 Å². The highest BCUT2D eigenvalue weighted by atomic mass is 19.1. The molecule has 2 aromatic rings. The molecule has 1 atom stereocenters. The van der Waals surface area contributed by atoms with Crippen LogP contribution in [0.5, 0.6) is 0 Å². The number of rotatable bonds is 13. The molecule has 1 N–H and O–H groups in total. The Morgan fingerprint density at radius 1 is 1.13 bits per heavy atom. The van der Waals surface area contributed by atoms with Crippen LogP contribution in [0, 0.1) is 5.82 Å². The molecule has 1 aromatic carbocycles. The summed E-state index contributed by atoms with van der Waals surface area (Å²) in [6, 6.07) is 10.5. The van der Waals surface area contributed by atoms with Crippen molar-refractivity contribution in [2.24, 2.45) is 0 Å². The van der Waals surface area contributed by atoms with Crippen molar-refractivity contribution in [3.05, 3.63) is 84.6 Å². The third-order valence-corrected chi connectivity index (χ3v) is 5.80. The highest BCUT2D eigenvalue weighted by Crippen LogP contribution is 2.33. The monoisotopic (exact) mass is 427 g/mol. The summed E-state index contributed by atoms with van der Waals surface area (Å²) in [5.74, 6) is 1.12. The minimum absolute atomic E-state index is 0.181. The van der Waals surface area contributed by atoms with Gasteiger partial charge in [-0.25, -0.2) is 4.39 Å². The van der Waals surface area contributed by atoms with E-state index in [0.29, 0.717) is 44.5 Å². The van der Waals surface area contributed by atoms with Crippen LogP contribution in [-0.4, -0.2) is 29.3 Å². The SMILES string of the molecule is C=CCCC(O)(CCC=C)c1ccc(CN(Cc2cccc(F)c2)C[C@@H]2CCCO2)o1. The number of hydrogen-bond acceptors (Lipinski definition) is 4. The van der Waals surface area contributed by atoms with Gasteiger partial charge in [-0.3, -0.25) is 4.90 Å². The molecule has 1 aliphatic rings. The van der Waals surface area contributed by atoms with E-state index in [1.165, 1.54) is 6.07 Å². The molecular formula is C26H34FNO3. The first-order valence-electron chi connectivity index (χ1n) is 11.1. The van der Waals surface area contributed by atoms with Crippen LogP contribution in [0.25, 0.3) is 0 Å². The van der Waals surface area contributed by atoms with Gasteiger partial charge in [-0.15, -0.1) is 13.2 Å². The lowest BCUT2D eigenvalue weighted by molar-refractivity contribution is -0.00261. The maximum atomic E-state index is 13.7. The number of ether oxygens (including phenoxy) is 1. The zero-order chi connectivity index (χ0) is 22.1. The van der Waals surface area contributed by atoms with Gasteiger partial charge in [-0.1, -0.05) is 24.3 Å². The Morgan fingerprint density at radius 2 is 1.90 bits per heavy atom. The number of allylic oxidation sites excluding steroid dienone is 2. The fourth-order valence-electron chi connectivity index (χ4n) is 4.14. The highest BCUT2D eigenvalue weighted by Gasteiger charge is 2.31. The molecule has 1 fully saturated rings. The van der Waals surface area contributed by atoms with Gasteiger partial charge in [0.2, 0.25) is 0 Å². The van der Waals surface area contributed by atoms with Crippen molar-refractivity contribution < 1.29 is 18.7 Å². The number of hydrogen-bond donors (Lipinski definition) is 1. The predicted molar refractivity (Wildman–Crippen MR) is 121 cm³/mol. The normalized spacial score (nSPS) is 16.7. The summed E-state index contributed by atoms with van der Waals surface area (Å²) < 4.78 is 25.6. The lowest BCUT2D eigenvalue weighted by atomic mass is 9.89. The van der Waals surface area contributed by atoms with Crippen LogP contribution in [0.15, 0.2) is 66.1 Å². The number of furan rings is 1. The summed E-state index contributed by atoms with van der Waals surface area (Å²) in [5.41, 5.74) is -0.124. The molecule has 0 saturated carbocycles. The Morgan fingerprint density at radius 3 is 2.55 bits per heavy atom. The number of aliphatic hydroxyl groups is 1. The number of benzene rings is 1. The maximum absolute atomic E-state index is 13.7. The van der Waals surface area contributed by atoms with Crippen LogP contribution in [-0.2, 0) is 23.4 Å². The van der Waals surface area contributed by atoms with E-state index in [9.17, 15) is 9.50 Å². The van der Waals surface area contributed by atoms with Gasteiger partial charge in [-0.2, -0.15) is 0 Å². The van der Waals surface area contributed by atoms with E-state index in [-0.39, 0.29) is 11.9 Å². The Labute approximate surface area is 185 Å². The van der Waals surface area contributed by atoms with E-state index in [0.717, 1.165) is 37.3 Å². The molecule has 1 saturated heterocycles. The van der Waals surface area contributed by atoms with Crippen molar-refractivity contribution in [3.63, 3.8) is 0 Å². The molecule has 1 aliphatic heterocycles. The molecule has 0 aliphatic carbocycles. The maximum Gasteiger partial charge on any atom is 0.135 e. The van der Waals surface area contributed by atoms with E-state index in [1.54, 1.807) is 12.1 Å². The molecular weight excluding hydrogens is 393 g/mol. The molecule has 5 heteroatoms. The topological polar surface area (TPSA) is 45.8 Å². The fraction of sp³-hybridized carbons (Fsp3) is 0.462. The lowest BCUT2D eigenvalue weighted by Crippen LogP contribution is -2.31. The molecule has 2 heterocycles. The molecule has 3 rings (SSSR count). The van der Waals surface area contributed by atoms with Crippen LogP contribution in [0.4, 0.5) is 4.39 Å². The molecule has 0 amide bonds. The molecule has 1 aromatic heterocycles. The van der Waals surface area contributed by atoms with E-state index in [4.69, 9.17) is 9.15 Å². The standard InChI is InChI=1S/C26H34FNO3/c1-3-5-14-26(29,15-6-4-2)25-13-12-24(31-25)20-28(19-23-11-8-16-30-23)18-21-9-7-10-22(27)17-21/h3-4,7,9-10,12-13,17,23,29H,1-2,5-6,8,11,14-16,18-20H2/t23-/m0/s1. The predicted octanol–water partition coefficient (Wildman–Crippen LogP) is 5.72. The summed E-state index contributed by atoms with van der Waals surface area (Å²) in [6.07, 6.45) is 8.42. The van der Waals surface area contributed by atoms with Crippen LogP contribution in [0.2, 0.25) is 0 Å². The van der Waals surface area contributed by atoms with E-state index >= 15 is 0 Å². The van der Waals surface area contributed by atoms with Gasteiger partial charge >= 0.3 is 0 Å². The molecule has 0 unspecified atom stereocenters. The molecule has 0 radical (unpaired) electrons. The first-order chi connectivity index (χ1) is 15.0. The first kappa shape index (κ1) is 23.5. The van der Waals surface area contributed by atoms with Gasteiger partial charge in [0.1, 0.15) is 22.9 Å². The Hall–Kier alpha value is -2.21. The van der Waals surface area contributed by atoms with Crippen molar-refractivity contribution in [2.75, 3.05) is 13.2 Å². The van der Waals surface area contributed by atoms with Gasteiger partial charge in [0, 0.05) is 19.7 Å². The van der Waals surface area contributed by atoms with Gasteiger partial charge in [0.15, 0.2) is 0 Å². The first-order valence-corrected chi connectivity index (χ1v) is 11.1. The van der Waals surface area contributed by atoms with Gasteiger partial charge in [0.05, 0.1) is 12.6 Å². The second kappa shape index (κ2) is 11.4. The van der Waals surface area contributed by atoms with Crippen LogP contribution in [0.1, 0.15) is 55.6 Å². The summed E-state index contributed by atoms with van der Waals surface area (Å²) in [4.78, 5) is 2.22. The second-order valence-corrected chi connectivity index (χ2v) is 8.39. The van der Waals surface area contributed by atoms with Crippen LogP contribution in [0.3, 0.4) is 0 Å². The van der Waals surface area contributed by atoms with Crippen molar-refractivity contribution in [1.82, 2.24) is 4.90 Å². The summed E-state index contributed by atoms with van der Waals surface area (Å²) in [7, 11) is 0. The summed E-state index contributed by atoms with van der Waals surface area (Å²) >= 11 is 0. The fourth-order valence-corrected chi connectivity index (χ4v) is 4.14. The molecule has 4 nitrogen and oxygen atoms in total. The minimum atomic E-state index is -1.04. The summed E-state index contributed by atoms with van der Waals surface area (Å²) in [5, 5.41) is 11.2. The zero-order valence-corrected chi connectivity index (χ0v) is 18.3. The van der Waals surface area contributed by atoms with E-state index in [1.807, 2.05) is 30.4 Å². The highest BCUT2D eigenvalue weighted by molar-refractivity contribution is 5.17. The minimum Gasteiger partial charge on any atom is -0.462 e. The van der Waals surface area contributed by atoms with Gasteiger partial charge in [0.25, 0.3) is 0 Å². The van der Waals surface area contributed by atoms with Gasteiger partial charge in [-0.05, 0) is 68.4 Å². The zero-order valence-electron chi connectivity index (χ0n) is 18.3. The van der Waals surface area contributed by atoms with Crippen molar-refractivity contribution in [2.45, 2.75) is 63.3 Å². The van der Waals surface area contributed by atoms with Crippen LogP contribution >= 0.6 is 0 Å². The molecule has 0 spiro atoms. The smallest absolute Gasteiger partial charge is 0.135 e. The lowest BCUT2D eigenvalue weighted by Gasteiger charge is -2.26. The van der Waals surface area contributed by atoms with Gasteiger partial charge < -0.3 is 14.3 Å². The second-order valence-electron chi connectivity index (χ2n) is 8.39. The molecule has 168 valence electrons. The van der Waals surface area contributed by atoms with Crippen molar-refractivity contribution >= 4 is 0 Å². The van der Waals surface area contributed by atoms with Crippen molar-refractivity contribution in [1.29, 1.82) is 0 Å². The quantitative estimate of drug-likeness (QED) is 0.415. The Kier molecular flexibility index (Phi) is 8.64. The van der Waals surface area contributed by atoms with E-state index in [2.05, 4.69) is 18.1 Å². The third-order valence-electron chi connectivity index (χ3n) is 5.80. The average molecular weight is 428 g/mol. The largest absolute Gasteiger partial charge is 0.462 e. The Bertz CT molecular complexity index is 829. The van der Waals surface area contributed by atoms with Crippen LogP contribution < -0.4 is 0 Å². The van der Waals surface area contributed by atoms with E-state index < -0.39 is 5.60 Å². The molecule has 31 heavy (non-hydrogen) atoms.